The smallest absolute Gasteiger partial charge is 0.277 e. The van der Waals surface area contributed by atoms with Crippen molar-refractivity contribution >= 4 is 37.9 Å². The molecular weight excluding hydrogens is 544 g/mol. The number of carbonyl (C=O) groups is 1. The molecule has 4 aromatic heterocycles. The van der Waals surface area contributed by atoms with Crippen molar-refractivity contribution in [1.29, 1.82) is 4.78 Å². The Kier molecular flexibility index (Phi) is 6.97. The second-order valence-corrected chi connectivity index (χ2v) is 12.2. The van der Waals surface area contributed by atoms with Crippen LogP contribution in [-0.4, -0.2) is 64.9 Å². The first-order valence-electron chi connectivity index (χ1n) is 13.1. The number of anilines is 2. The lowest BCUT2D eigenvalue weighted by Crippen LogP contribution is -2.23. The second kappa shape index (κ2) is 10.7. The number of β-amino-alcohol motifs (C(OH)–C–C–N with tert-alkyl or cyclic N) is 1. The van der Waals surface area contributed by atoms with E-state index >= 15 is 0 Å². The van der Waals surface area contributed by atoms with E-state index < -0.39 is 21.7 Å². The van der Waals surface area contributed by atoms with Gasteiger partial charge in [0.25, 0.3) is 5.91 Å². The Morgan fingerprint density at radius 3 is 2.80 bits per heavy atom. The van der Waals surface area contributed by atoms with Crippen LogP contribution in [0.15, 0.2) is 76.8 Å². The molecule has 12 nitrogen and oxygen atoms in total. The number of carbonyl (C=O) groups excluding carboxylic acids is 1. The van der Waals surface area contributed by atoms with Gasteiger partial charge in [-0.3, -0.25) is 19.4 Å². The molecule has 0 spiro atoms. The summed E-state index contributed by atoms with van der Waals surface area (Å²) in [5, 5.41) is 18.5. The van der Waals surface area contributed by atoms with Crippen molar-refractivity contribution in [3.05, 3.63) is 78.8 Å². The number of rotatable bonds is 8. The SMILES string of the molecule is Cc1cc(-c2nc(C(=O)Nc3cc4cn(CCS(=N)(=O)c5ccncc5)nc4cc3N3CCC(O)C3)co2)ccn1. The second-order valence-electron chi connectivity index (χ2n) is 9.95. The van der Waals surface area contributed by atoms with Crippen molar-refractivity contribution in [3.8, 4) is 11.5 Å². The lowest BCUT2D eigenvalue weighted by molar-refractivity contribution is 0.102. The van der Waals surface area contributed by atoms with Crippen molar-refractivity contribution in [2.45, 2.75) is 30.9 Å². The summed E-state index contributed by atoms with van der Waals surface area (Å²) in [5.74, 6) is -0.0338. The monoisotopic (exact) mass is 572 g/mol. The van der Waals surface area contributed by atoms with Crippen LogP contribution in [0.25, 0.3) is 22.4 Å². The maximum absolute atomic E-state index is 13.3. The Balaban J connectivity index is 1.27. The predicted octanol–water partition coefficient (Wildman–Crippen LogP) is 3.72. The fourth-order valence-electron chi connectivity index (χ4n) is 4.82. The maximum atomic E-state index is 13.3. The number of amides is 1. The molecule has 0 bridgehead atoms. The van der Waals surface area contributed by atoms with Crippen molar-refractivity contribution in [3.63, 3.8) is 0 Å². The first-order chi connectivity index (χ1) is 19.7. The third kappa shape index (κ3) is 5.67. The first kappa shape index (κ1) is 26.6. The molecule has 210 valence electrons. The number of hydrogen-bond donors (Lipinski definition) is 3. The van der Waals surface area contributed by atoms with E-state index in [1.807, 2.05) is 30.0 Å². The molecule has 5 heterocycles. The van der Waals surface area contributed by atoms with Crippen LogP contribution < -0.4 is 10.2 Å². The molecule has 1 fully saturated rings. The van der Waals surface area contributed by atoms with Gasteiger partial charge in [-0.25, -0.2) is 14.0 Å². The summed E-state index contributed by atoms with van der Waals surface area (Å²) in [6.07, 6.45) is 7.98. The van der Waals surface area contributed by atoms with Crippen molar-refractivity contribution in [2.24, 2.45) is 0 Å². The average molecular weight is 573 g/mol. The molecule has 0 radical (unpaired) electrons. The summed E-state index contributed by atoms with van der Waals surface area (Å²) in [5.41, 5.74) is 3.59. The zero-order chi connectivity index (χ0) is 28.6. The van der Waals surface area contributed by atoms with Crippen LogP contribution in [0, 0.1) is 11.7 Å². The van der Waals surface area contributed by atoms with E-state index in [-0.39, 0.29) is 18.0 Å². The Hall–Kier alpha value is -4.62. The number of nitrogens with one attached hydrogen (secondary N) is 2. The Labute approximate surface area is 236 Å². The number of aliphatic hydroxyl groups excluding tert-OH is 1. The summed E-state index contributed by atoms with van der Waals surface area (Å²) < 4.78 is 28.5. The van der Waals surface area contributed by atoms with Gasteiger partial charge < -0.3 is 19.7 Å². The normalized spacial score (nSPS) is 16.6. The van der Waals surface area contributed by atoms with Crippen LogP contribution in [0.2, 0.25) is 0 Å². The van der Waals surface area contributed by atoms with Gasteiger partial charge >= 0.3 is 0 Å². The third-order valence-corrected chi connectivity index (χ3v) is 8.73. The molecule has 1 amide bonds. The zero-order valence-corrected chi connectivity index (χ0v) is 23.0. The van der Waals surface area contributed by atoms with Gasteiger partial charge in [0, 0.05) is 54.5 Å². The van der Waals surface area contributed by atoms with E-state index in [1.165, 1.54) is 18.7 Å². The van der Waals surface area contributed by atoms with Gasteiger partial charge in [0.05, 0.1) is 49.9 Å². The molecule has 2 unspecified atom stereocenters. The van der Waals surface area contributed by atoms with Gasteiger partial charge in [-0.15, -0.1) is 0 Å². The van der Waals surface area contributed by atoms with E-state index in [9.17, 15) is 14.1 Å². The number of aromatic nitrogens is 5. The van der Waals surface area contributed by atoms with Gasteiger partial charge in [-0.2, -0.15) is 5.10 Å². The molecule has 3 N–H and O–H groups in total. The number of hydrogen-bond acceptors (Lipinski definition) is 10. The topological polar surface area (TPSA) is 163 Å². The molecule has 1 saturated heterocycles. The Morgan fingerprint density at radius 1 is 1.22 bits per heavy atom. The Bertz CT molecular complexity index is 1830. The minimum absolute atomic E-state index is 0.0886. The van der Waals surface area contributed by atoms with Gasteiger partial charge in [-0.1, -0.05) is 0 Å². The minimum atomic E-state index is -3.01. The molecule has 6 rings (SSSR count). The largest absolute Gasteiger partial charge is 0.444 e. The average Bonchev–Trinajstić information content (AvgIpc) is 3.72. The molecule has 0 saturated carbocycles. The van der Waals surface area contributed by atoms with E-state index in [2.05, 4.69) is 25.4 Å². The number of aryl methyl sites for hydroxylation is 2. The van der Waals surface area contributed by atoms with Gasteiger partial charge in [-0.05, 0) is 49.7 Å². The summed E-state index contributed by atoms with van der Waals surface area (Å²) in [6, 6.07) is 10.5. The summed E-state index contributed by atoms with van der Waals surface area (Å²) in [4.78, 5) is 28.2. The number of nitrogens with zero attached hydrogens (tertiary/aromatic N) is 6. The van der Waals surface area contributed by atoms with E-state index in [1.54, 1.807) is 35.3 Å². The summed E-state index contributed by atoms with van der Waals surface area (Å²) >= 11 is 0. The van der Waals surface area contributed by atoms with E-state index in [0.29, 0.717) is 41.5 Å². The number of pyridine rings is 2. The van der Waals surface area contributed by atoms with Crippen LogP contribution in [-0.2, 0) is 16.3 Å². The lowest BCUT2D eigenvalue weighted by atomic mass is 10.2. The summed E-state index contributed by atoms with van der Waals surface area (Å²) in [6.45, 7) is 3.19. The molecular formula is C28H28N8O4S. The molecule has 1 aliphatic heterocycles. The summed E-state index contributed by atoms with van der Waals surface area (Å²) in [7, 11) is -3.01. The van der Waals surface area contributed by atoms with Crippen molar-refractivity contribution in [2.75, 3.05) is 29.1 Å². The number of aliphatic hydroxyl groups is 1. The van der Waals surface area contributed by atoms with Crippen LogP contribution in [0.3, 0.4) is 0 Å². The van der Waals surface area contributed by atoms with Crippen LogP contribution >= 0.6 is 0 Å². The van der Waals surface area contributed by atoms with Crippen LogP contribution in [0.4, 0.5) is 11.4 Å². The molecule has 2 atom stereocenters. The third-order valence-electron chi connectivity index (χ3n) is 6.94. The molecule has 13 heteroatoms. The highest BCUT2D eigenvalue weighted by molar-refractivity contribution is 7.92. The highest BCUT2D eigenvalue weighted by Gasteiger charge is 2.25. The number of oxazole rings is 1. The zero-order valence-electron chi connectivity index (χ0n) is 22.2. The number of fused-ring (bicyclic) bond motifs is 1. The van der Waals surface area contributed by atoms with Crippen molar-refractivity contribution in [1.82, 2.24) is 24.7 Å². The predicted molar refractivity (Wildman–Crippen MR) is 153 cm³/mol. The minimum Gasteiger partial charge on any atom is -0.444 e. The van der Waals surface area contributed by atoms with Crippen LogP contribution in [0.5, 0.6) is 0 Å². The lowest BCUT2D eigenvalue weighted by Gasteiger charge is -2.21. The molecule has 1 aromatic carbocycles. The molecule has 41 heavy (non-hydrogen) atoms. The Morgan fingerprint density at radius 2 is 2.05 bits per heavy atom. The van der Waals surface area contributed by atoms with E-state index in [0.717, 1.165) is 22.3 Å². The molecule has 0 aliphatic carbocycles. The molecule has 1 aliphatic rings. The molecule has 5 aromatic rings. The van der Waals surface area contributed by atoms with Gasteiger partial charge in [0.1, 0.15) is 6.26 Å². The fourth-order valence-corrected chi connectivity index (χ4v) is 6.06. The first-order valence-corrected chi connectivity index (χ1v) is 14.8. The van der Waals surface area contributed by atoms with Crippen molar-refractivity contribution < 1.29 is 18.5 Å². The van der Waals surface area contributed by atoms with Gasteiger partial charge in [0.15, 0.2) is 5.69 Å². The quantitative estimate of drug-likeness (QED) is 0.251. The standard InChI is InChI=1S/C28H28N8O4S/c1-18-12-19(2-8-31-18)28-33-25(17-40-28)27(38)32-24-13-20-15-36(10-11-41(29,39)22-3-6-30-7-4-22)34-23(20)14-26(24)35-9-5-21(37)16-35/h2-4,6-8,12-15,17,21,29,37H,5,9-11,16H2,1H3,(H,32,38). The van der Waals surface area contributed by atoms with E-state index in [4.69, 9.17) is 9.20 Å². The maximum Gasteiger partial charge on any atom is 0.277 e. The van der Waals surface area contributed by atoms with Gasteiger partial charge in [0.2, 0.25) is 5.89 Å². The van der Waals surface area contributed by atoms with Crippen LogP contribution in [0.1, 0.15) is 22.6 Å². The fraction of sp³-hybridized carbons (Fsp3) is 0.250. The number of benzene rings is 1. The highest BCUT2D eigenvalue weighted by Crippen LogP contribution is 2.34. The highest BCUT2D eigenvalue weighted by atomic mass is 32.2.